The molecule has 0 bridgehead atoms. The van der Waals surface area contributed by atoms with Gasteiger partial charge in [0.05, 0.1) is 17.9 Å². The van der Waals surface area contributed by atoms with Crippen LogP contribution < -0.4 is 9.64 Å². The second-order valence-corrected chi connectivity index (χ2v) is 7.29. The predicted molar refractivity (Wildman–Crippen MR) is 113 cm³/mol. The van der Waals surface area contributed by atoms with Gasteiger partial charge in [-0.2, -0.15) is 0 Å². The van der Waals surface area contributed by atoms with Gasteiger partial charge < -0.3 is 14.2 Å². The monoisotopic (exact) mass is 377 g/mol. The van der Waals surface area contributed by atoms with Gasteiger partial charge in [0.15, 0.2) is 12.0 Å². The van der Waals surface area contributed by atoms with Crippen molar-refractivity contribution < 1.29 is 9.53 Å². The first-order chi connectivity index (χ1) is 13.7. The maximum atomic E-state index is 11.4. The summed E-state index contributed by atoms with van der Waals surface area (Å²) in [5.41, 5.74) is 4.31. The lowest BCUT2D eigenvalue weighted by Gasteiger charge is -2.36. The summed E-state index contributed by atoms with van der Waals surface area (Å²) in [6.45, 7) is 7.29. The number of anilines is 1. The van der Waals surface area contributed by atoms with Crippen molar-refractivity contribution in [2.24, 2.45) is 7.05 Å². The molecule has 0 N–H and O–H groups in total. The number of benzene rings is 2. The molecule has 2 aromatic carbocycles. The van der Waals surface area contributed by atoms with E-state index in [0.29, 0.717) is 17.9 Å². The number of fused-ring (bicyclic) bond motifs is 1. The van der Waals surface area contributed by atoms with E-state index in [2.05, 4.69) is 57.9 Å². The number of rotatable bonds is 6. The van der Waals surface area contributed by atoms with Gasteiger partial charge in [0.1, 0.15) is 0 Å². The SMILES string of the molecule is CCOc1c(C=O)cccc1N1CCN(Cc2cn(C)c3ccccc23)CC1. The molecule has 1 saturated heterocycles. The van der Waals surface area contributed by atoms with Crippen molar-refractivity contribution in [2.45, 2.75) is 13.5 Å². The van der Waals surface area contributed by atoms with E-state index in [1.807, 2.05) is 19.1 Å². The third kappa shape index (κ3) is 3.50. The second kappa shape index (κ2) is 8.07. The summed E-state index contributed by atoms with van der Waals surface area (Å²) in [6, 6.07) is 14.4. The highest BCUT2D eigenvalue weighted by Crippen LogP contribution is 2.32. The van der Waals surface area contributed by atoms with Crippen LogP contribution >= 0.6 is 0 Å². The van der Waals surface area contributed by atoms with Crippen molar-refractivity contribution in [3.63, 3.8) is 0 Å². The first-order valence-electron chi connectivity index (χ1n) is 9.92. The Morgan fingerprint density at radius 1 is 1.04 bits per heavy atom. The van der Waals surface area contributed by atoms with Crippen LogP contribution in [0.2, 0.25) is 0 Å². The summed E-state index contributed by atoms with van der Waals surface area (Å²) in [4.78, 5) is 16.2. The molecule has 4 rings (SSSR count). The number of carbonyl (C=O) groups is 1. The Hall–Kier alpha value is -2.79. The highest BCUT2D eigenvalue weighted by molar-refractivity contribution is 5.84. The summed E-state index contributed by atoms with van der Waals surface area (Å²) in [5, 5.41) is 1.34. The quantitative estimate of drug-likeness (QED) is 0.614. The molecule has 0 atom stereocenters. The van der Waals surface area contributed by atoms with Crippen LogP contribution in [0, 0.1) is 0 Å². The molecule has 146 valence electrons. The fourth-order valence-corrected chi connectivity index (χ4v) is 4.12. The number of para-hydroxylation sites is 2. The van der Waals surface area contributed by atoms with Crippen molar-refractivity contribution >= 4 is 22.9 Å². The van der Waals surface area contributed by atoms with Gasteiger partial charge in [0.2, 0.25) is 0 Å². The molecule has 2 heterocycles. The molecule has 28 heavy (non-hydrogen) atoms. The number of ether oxygens (including phenoxy) is 1. The molecular weight excluding hydrogens is 350 g/mol. The van der Waals surface area contributed by atoms with E-state index in [-0.39, 0.29) is 0 Å². The minimum atomic E-state index is 0.554. The number of nitrogens with zero attached hydrogens (tertiary/aromatic N) is 3. The van der Waals surface area contributed by atoms with Crippen LogP contribution in [0.4, 0.5) is 5.69 Å². The number of aldehydes is 1. The molecule has 1 fully saturated rings. The second-order valence-electron chi connectivity index (χ2n) is 7.29. The lowest BCUT2D eigenvalue weighted by atomic mass is 10.1. The average Bonchev–Trinajstić information content (AvgIpc) is 3.05. The third-order valence-corrected chi connectivity index (χ3v) is 5.53. The lowest BCUT2D eigenvalue weighted by molar-refractivity contribution is 0.112. The van der Waals surface area contributed by atoms with E-state index in [4.69, 9.17) is 4.74 Å². The number of aryl methyl sites for hydroxylation is 1. The fraction of sp³-hybridized carbons (Fsp3) is 0.348. The highest BCUT2D eigenvalue weighted by atomic mass is 16.5. The van der Waals surface area contributed by atoms with Gasteiger partial charge >= 0.3 is 0 Å². The molecule has 5 heteroatoms. The molecule has 1 aromatic heterocycles. The summed E-state index contributed by atoms with van der Waals surface area (Å²) < 4.78 is 8.00. The average molecular weight is 377 g/mol. The third-order valence-electron chi connectivity index (χ3n) is 5.53. The molecule has 0 amide bonds. The van der Waals surface area contributed by atoms with Crippen LogP contribution in [-0.2, 0) is 13.6 Å². The summed E-state index contributed by atoms with van der Waals surface area (Å²) in [6.07, 6.45) is 3.13. The molecule has 0 radical (unpaired) electrons. The van der Waals surface area contributed by atoms with E-state index < -0.39 is 0 Å². The standard InChI is InChI=1S/C23H27N3O2/c1-3-28-23-18(17-27)7-6-10-22(23)26-13-11-25(12-14-26)16-19-15-24(2)21-9-5-4-8-20(19)21/h4-10,15,17H,3,11-14,16H2,1-2H3. The van der Waals surface area contributed by atoms with Gasteiger partial charge in [-0.25, -0.2) is 0 Å². The van der Waals surface area contributed by atoms with Crippen molar-refractivity contribution in [1.82, 2.24) is 9.47 Å². The summed E-state index contributed by atoms with van der Waals surface area (Å²) in [7, 11) is 2.11. The molecule has 5 nitrogen and oxygen atoms in total. The van der Waals surface area contributed by atoms with E-state index in [9.17, 15) is 4.79 Å². The van der Waals surface area contributed by atoms with Crippen molar-refractivity contribution in [3.05, 3.63) is 59.8 Å². The topological polar surface area (TPSA) is 37.7 Å². The first-order valence-corrected chi connectivity index (χ1v) is 9.92. The highest BCUT2D eigenvalue weighted by Gasteiger charge is 2.22. The Bertz CT molecular complexity index is 971. The largest absolute Gasteiger partial charge is 0.491 e. The Morgan fingerprint density at radius 3 is 2.57 bits per heavy atom. The normalized spacial score (nSPS) is 15.1. The Kier molecular flexibility index (Phi) is 5.35. The van der Waals surface area contributed by atoms with E-state index in [0.717, 1.165) is 44.7 Å². The molecule has 0 spiro atoms. The van der Waals surface area contributed by atoms with Gasteiger partial charge in [-0.05, 0) is 30.7 Å². The van der Waals surface area contributed by atoms with Crippen molar-refractivity contribution in [3.8, 4) is 5.75 Å². The molecule has 0 unspecified atom stereocenters. The van der Waals surface area contributed by atoms with Gasteiger partial charge in [0.25, 0.3) is 0 Å². The minimum Gasteiger partial charge on any atom is -0.491 e. The van der Waals surface area contributed by atoms with Gasteiger partial charge in [-0.3, -0.25) is 9.69 Å². The Balaban J connectivity index is 1.47. The van der Waals surface area contributed by atoms with E-state index >= 15 is 0 Å². The van der Waals surface area contributed by atoms with Crippen LogP contribution in [0.3, 0.4) is 0 Å². The zero-order valence-corrected chi connectivity index (χ0v) is 16.6. The zero-order chi connectivity index (χ0) is 19.5. The van der Waals surface area contributed by atoms with Gasteiger partial charge in [-0.15, -0.1) is 0 Å². The lowest BCUT2D eigenvalue weighted by Crippen LogP contribution is -2.46. The summed E-state index contributed by atoms with van der Waals surface area (Å²) in [5.74, 6) is 0.711. The number of piperazine rings is 1. The van der Waals surface area contributed by atoms with Crippen LogP contribution in [-0.4, -0.2) is 48.5 Å². The van der Waals surface area contributed by atoms with Crippen LogP contribution in [0.1, 0.15) is 22.8 Å². The molecular formula is C23H27N3O2. The predicted octanol–water partition coefficient (Wildman–Crippen LogP) is 3.71. The van der Waals surface area contributed by atoms with Crippen molar-refractivity contribution in [1.29, 1.82) is 0 Å². The van der Waals surface area contributed by atoms with E-state index in [1.54, 1.807) is 0 Å². The van der Waals surface area contributed by atoms with Gasteiger partial charge in [0, 0.05) is 56.9 Å². The smallest absolute Gasteiger partial charge is 0.153 e. The minimum absolute atomic E-state index is 0.554. The molecule has 0 saturated carbocycles. The van der Waals surface area contributed by atoms with Crippen LogP contribution in [0.25, 0.3) is 10.9 Å². The maximum Gasteiger partial charge on any atom is 0.153 e. The van der Waals surface area contributed by atoms with Crippen LogP contribution in [0.5, 0.6) is 5.75 Å². The molecule has 3 aromatic rings. The van der Waals surface area contributed by atoms with Crippen molar-refractivity contribution in [2.75, 3.05) is 37.7 Å². The van der Waals surface area contributed by atoms with Gasteiger partial charge in [-0.1, -0.05) is 24.3 Å². The number of hydrogen-bond acceptors (Lipinski definition) is 4. The number of carbonyl (C=O) groups excluding carboxylic acids is 1. The Labute approximate surface area is 166 Å². The van der Waals surface area contributed by atoms with E-state index in [1.165, 1.54) is 16.5 Å². The van der Waals surface area contributed by atoms with Crippen LogP contribution in [0.15, 0.2) is 48.7 Å². The zero-order valence-electron chi connectivity index (χ0n) is 16.6. The summed E-state index contributed by atoms with van der Waals surface area (Å²) >= 11 is 0. The molecule has 1 aliphatic rings. The molecule has 0 aliphatic carbocycles. The molecule has 1 aliphatic heterocycles. The number of aromatic nitrogens is 1. The number of hydrogen-bond donors (Lipinski definition) is 0. The fourth-order valence-electron chi connectivity index (χ4n) is 4.12. The first kappa shape index (κ1) is 18.6. The Morgan fingerprint density at radius 2 is 1.82 bits per heavy atom. The maximum absolute atomic E-state index is 11.4.